The molecule has 0 radical (unpaired) electrons. The van der Waals surface area contributed by atoms with Gasteiger partial charge >= 0.3 is 0 Å². The minimum absolute atomic E-state index is 0.113. The maximum Gasteiger partial charge on any atom is 0.133 e. The number of rotatable bonds is 4. The fraction of sp³-hybridized carbons (Fsp3) is 0.641. The number of aromatic hydroxyl groups is 1. The molecule has 6 heteroatoms. The molecule has 2 aromatic carbocycles. The lowest BCUT2D eigenvalue weighted by atomic mass is 9.57. The van der Waals surface area contributed by atoms with Gasteiger partial charge < -0.3 is 19.3 Å². The Hall–Kier alpha value is -2.54. The molecule has 0 aliphatic carbocycles. The van der Waals surface area contributed by atoms with Crippen LogP contribution in [0.2, 0.25) is 0 Å². The Labute approximate surface area is 268 Å². The van der Waals surface area contributed by atoms with Crippen LogP contribution in [-0.2, 0) is 16.8 Å². The Morgan fingerprint density at radius 3 is 2.56 bits per heavy atom. The summed E-state index contributed by atoms with van der Waals surface area (Å²) in [5.74, 6) is 0.483. The van der Waals surface area contributed by atoms with Gasteiger partial charge in [0.1, 0.15) is 17.0 Å². The molecule has 8 heterocycles. The van der Waals surface area contributed by atoms with Crippen molar-refractivity contribution in [2.45, 2.75) is 108 Å². The molecular formula is C39H50N4O2. The lowest BCUT2D eigenvalue weighted by Crippen LogP contribution is -2.76. The standard InChI is InChI=1S/C39H50N4O2/c1-4-36-14-8-18-40-21-13-27-26-11-6-7-12-30(26)43(34(27)35(36)40)32(25-36)28-23-29-31(24-33(28)44)42-20-10-16-37(5-2)15-9-19-41-22-17-38(29,45-3)39(37,41)42/h6-7,11-12,23-24,32,35,44H,4-5,8-10,13-22,25H2,1-3H3/t32-,35-,36+,37?,38+,39?/m0/s1. The van der Waals surface area contributed by atoms with Crippen molar-refractivity contribution in [3.05, 3.63) is 58.8 Å². The zero-order valence-electron chi connectivity index (χ0n) is 27.6. The second kappa shape index (κ2) is 9.08. The summed E-state index contributed by atoms with van der Waals surface area (Å²) < 4.78 is 9.68. The van der Waals surface area contributed by atoms with Gasteiger partial charge in [-0.2, -0.15) is 0 Å². The Morgan fingerprint density at radius 1 is 0.911 bits per heavy atom. The Morgan fingerprint density at radius 2 is 1.73 bits per heavy atom. The Bertz CT molecular complexity index is 1730. The Kier molecular flexibility index (Phi) is 5.56. The molecule has 6 nitrogen and oxygen atoms in total. The maximum atomic E-state index is 12.3. The number of piperidine rings is 3. The van der Waals surface area contributed by atoms with Gasteiger partial charge in [0.25, 0.3) is 0 Å². The molecule has 7 aliphatic heterocycles. The van der Waals surface area contributed by atoms with Crippen LogP contribution in [0.3, 0.4) is 0 Å². The van der Waals surface area contributed by atoms with Crippen molar-refractivity contribution in [3.63, 3.8) is 0 Å². The topological polar surface area (TPSA) is 44.1 Å². The molecule has 7 aliphatic rings. The Balaban J connectivity index is 1.23. The number of fused-ring (bicyclic) bond motifs is 6. The summed E-state index contributed by atoms with van der Waals surface area (Å²) in [5.41, 5.74) is 8.10. The first kappa shape index (κ1) is 27.6. The van der Waals surface area contributed by atoms with Crippen molar-refractivity contribution in [2.75, 3.05) is 44.7 Å². The molecule has 6 atom stereocenters. The van der Waals surface area contributed by atoms with Crippen molar-refractivity contribution in [3.8, 4) is 5.75 Å². The molecule has 3 aromatic rings. The third-order valence-electron chi connectivity index (χ3n) is 14.9. The number of anilines is 1. The second-order valence-electron chi connectivity index (χ2n) is 15.8. The molecule has 0 saturated carbocycles. The molecule has 4 saturated heterocycles. The molecule has 10 rings (SSSR count). The molecule has 0 bridgehead atoms. The van der Waals surface area contributed by atoms with E-state index in [2.05, 4.69) is 69.5 Å². The predicted molar refractivity (Wildman–Crippen MR) is 179 cm³/mol. The zero-order valence-corrected chi connectivity index (χ0v) is 27.6. The van der Waals surface area contributed by atoms with Crippen LogP contribution in [0.25, 0.3) is 10.9 Å². The summed E-state index contributed by atoms with van der Waals surface area (Å²) in [7, 11) is 1.99. The SMILES string of the molecule is CCC12CCCN3CC[C@@]4(OC)c5cc([C@@H]6C[C@@]7(CC)CCCN8CCc9c(n6c6ccccc96)[C@H]87)c(O)cc5N(CCC1)C324. The van der Waals surface area contributed by atoms with Crippen LogP contribution in [0.15, 0.2) is 36.4 Å². The average Bonchev–Trinajstić information content (AvgIpc) is 3.68. The second-order valence-corrected chi connectivity index (χ2v) is 15.8. The first-order valence-electron chi connectivity index (χ1n) is 18.3. The maximum absolute atomic E-state index is 12.3. The summed E-state index contributed by atoms with van der Waals surface area (Å²) in [6.07, 6.45) is 13.2. The van der Waals surface area contributed by atoms with Crippen molar-refractivity contribution < 1.29 is 9.84 Å². The molecule has 1 spiro atoms. The predicted octanol–water partition coefficient (Wildman–Crippen LogP) is 7.48. The lowest BCUT2D eigenvalue weighted by molar-refractivity contribution is -0.181. The minimum Gasteiger partial charge on any atom is -0.508 e. The third kappa shape index (κ3) is 2.93. The van der Waals surface area contributed by atoms with Crippen molar-refractivity contribution in [1.29, 1.82) is 0 Å². The fourth-order valence-corrected chi connectivity index (χ4v) is 13.3. The normalized spacial score (nSPS) is 38.2. The van der Waals surface area contributed by atoms with E-state index in [-0.39, 0.29) is 28.1 Å². The zero-order chi connectivity index (χ0) is 30.3. The quantitative estimate of drug-likeness (QED) is 0.334. The van der Waals surface area contributed by atoms with Gasteiger partial charge in [-0.15, -0.1) is 0 Å². The summed E-state index contributed by atoms with van der Waals surface area (Å²) >= 11 is 0. The van der Waals surface area contributed by atoms with Gasteiger partial charge in [0.05, 0.1) is 12.1 Å². The third-order valence-corrected chi connectivity index (χ3v) is 14.9. The number of hydrogen-bond donors (Lipinski definition) is 1. The monoisotopic (exact) mass is 606 g/mol. The van der Waals surface area contributed by atoms with Crippen LogP contribution in [0.5, 0.6) is 5.75 Å². The number of nitrogens with zero attached hydrogens (tertiary/aromatic N) is 4. The minimum atomic E-state index is -0.374. The van der Waals surface area contributed by atoms with Crippen LogP contribution >= 0.6 is 0 Å². The summed E-state index contributed by atoms with van der Waals surface area (Å²) in [5, 5.41) is 13.7. The highest BCUT2D eigenvalue weighted by molar-refractivity contribution is 5.87. The fourth-order valence-electron chi connectivity index (χ4n) is 13.3. The number of benzene rings is 2. The van der Waals surface area contributed by atoms with Gasteiger partial charge in [-0.25, -0.2) is 0 Å². The van der Waals surface area contributed by atoms with Crippen molar-refractivity contribution in [1.82, 2.24) is 14.4 Å². The van der Waals surface area contributed by atoms with E-state index in [1.54, 1.807) is 11.3 Å². The first-order chi connectivity index (χ1) is 22.0. The van der Waals surface area contributed by atoms with Gasteiger partial charge in [0.2, 0.25) is 0 Å². The van der Waals surface area contributed by atoms with Crippen LogP contribution in [0.4, 0.5) is 5.69 Å². The molecular weight excluding hydrogens is 556 g/mol. The van der Waals surface area contributed by atoms with E-state index < -0.39 is 0 Å². The molecule has 1 aromatic heterocycles. The molecule has 4 fully saturated rings. The number of aromatic nitrogens is 1. The van der Waals surface area contributed by atoms with E-state index in [0.717, 1.165) is 44.5 Å². The smallest absolute Gasteiger partial charge is 0.133 e. The highest BCUT2D eigenvalue weighted by Gasteiger charge is 2.77. The number of hydrogen-bond acceptors (Lipinski definition) is 5. The molecule has 2 unspecified atom stereocenters. The van der Waals surface area contributed by atoms with Gasteiger partial charge in [0, 0.05) is 78.2 Å². The van der Waals surface area contributed by atoms with E-state index in [4.69, 9.17) is 4.74 Å². The summed E-state index contributed by atoms with van der Waals surface area (Å²) in [6.45, 7) is 10.5. The largest absolute Gasteiger partial charge is 0.508 e. The van der Waals surface area contributed by atoms with E-state index in [1.807, 2.05) is 7.11 Å². The molecule has 45 heavy (non-hydrogen) atoms. The van der Waals surface area contributed by atoms with E-state index in [9.17, 15) is 5.11 Å². The number of methoxy groups -OCH3 is 1. The lowest BCUT2D eigenvalue weighted by Gasteiger charge is -2.65. The molecule has 1 N–H and O–H groups in total. The van der Waals surface area contributed by atoms with Crippen LogP contribution in [0, 0.1) is 10.8 Å². The molecule has 238 valence electrons. The highest BCUT2D eigenvalue weighted by atomic mass is 16.5. The van der Waals surface area contributed by atoms with Gasteiger partial charge in [-0.1, -0.05) is 32.0 Å². The number of para-hydroxylation sites is 1. The van der Waals surface area contributed by atoms with Gasteiger partial charge in [-0.05, 0) is 100 Å². The van der Waals surface area contributed by atoms with Crippen molar-refractivity contribution in [2.24, 2.45) is 10.8 Å². The van der Waals surface area contributed by atoms with Gasteiger partial charge in [0.15, 0.2) is 0 Å². The average molecular weight is 607 g/mol. The number of ether oxygens (including phenoxy) is 1. The summed E-state index contributed by atoms with van der Waals surface area (Å²) in [4.78, 5) is 8.38. The van der Waals surface area contributed by atoms with Crippen molar-refractivity contribution >= 4 is 16.6 Å². The van der Waals surface area contributed by atoms with Crippen LogP contribution in [-0.4, -0.2) is 65.0 Å². The van der Waals surface area contributed by atoms with E-state index >= 15 is 0 Å². The number of phenols is 1. The summed E-state index contributed by atoms with van der Waals surface area (Å²) in [6, 6.07) is 14.4. The number of phenolic OH excluding ortho intramolecular Hbond substituents is 1. The van der Waals surface area contributed by atoms with E-state index in [0.29, 0.717) is 11.8 Å². The highest BCUT2D eigenvalue weighted by Crippen LogP contribution is 2.71. The first-order valence-corrected chi connectivity index (χ1v) is 18.3. The van der Waals surface area contributed by atoms with E-state index in [1.165, 1.54) is 86.6 Å². The van der Waals surface area contributed by atoms with Crippen LogP contribution < -0.4 is 4.90 Å². The van der Waals surface area contributed by atoms with Gasteiger partial charge in [-0.3, -0.25) is 9.80 Å². The molecule has 0 amide bonds. The van der Waals surface area contributed by atoms with Crippen LogP contribution in [0.1, 0.15) is 113 Å².